The third kappa shape index (κ3) is 2.57. The molecular formula is C12H11N3O. The minimum absolute atomic E-state index is 0.167. The number of amides is 1. The zero-order valence-electron chi connectivity index (χ0n) is 8.55. The SMILES string of the molecule is O=C(NC1=NC=CNC=C1)c1ccccc1. The molecule has 16 heavy (non-hydrogen) atoms. The molecule has 80 valence electrons. The fourth-order valence-electron chi connectivity index (χ4n) is 1.24. The first-order valence-electron chi connectivity index (χ1n) is 4.88. The molecule has 4 heteroatoms. The van der Waals surface area contributed by atoms with Gasteiger partial charge in [-0.3, -0.25) is 4.79 Å². The minimum atomic E-state index is -0.167. The zero-order chi connectivity index (χ0) is 11.2. The van der Waals surface area contributed by atoms with Gasteiger partial charge in [-0.25, -0.2) is 4.99 Å². The number of amidine groups is 1. The van der Waals surface area contributed by atoms with E-state index >= 15 is 0 Å². The Balaban J connectivity index is 2.08. The fourth-order valence-corrected chi connectivity index (χ4v) is 1.24. The predicted octanol–water partition coefficient (Wildman–Crippen LogP) is 1.40. The largest absolute Gasteiger partial charge is 0.366 e. The topological polar surface area (TPSA) is 53.5 Å². The number of hydrogen-bond acceptors (Lipinski definition) is 3. The summed E-state index contributed by atoms with van der Waals surface area (Å²) in [7, 11) is 0. The maximum absolute atomic E-state index is 11.8. The van der Waals surface area contributed by atoms with E-state index in [9.17, 15) is 4.79 Å². The number of benzene rings is 1. The van der Waals surface area contributed by atoms with Crippen LogP contribution >= 0.6 is 0 Å². The molecule has 0 atom stereocenters. The van der Waals surface area contributed by atoms with Crippen molar-refractivity contribution in [2.24, 2.45) is 4.99 Å². The quantitative estimate of drug-likeness (QED) is 0.741. The van der Waals surface area contributed by atoms with Crippen molar-refractivity contribution in [1.82, 2.24) is 10.6 Å². The third-order valence-corrected chi connectivity index (χ3v) is 2.00. The van der Waals surface area contributed by atoms with E-state index in [1.54, 1.807) is 36.8 Å². The summed E-state index contributed by atoms with van der Waals surface area (Å²) in [6.45, 7) is 0. The molecule has 0 aliphatic carbocycles. The third-order valence-electron chi connectivity index (χ3n) is 2.00. The van der Waals surface area contributed by atoms with Gasteiger partial charge in [0.1, 0.15) is 5.84 Å². The van der Waals surface area contributed by atoms with Crippen LogP contribution < -0.4 is 10.6 Å². The Hall–Kier alpha value is -2.36. The summed E-state index contributed by atoms with van der Waals surface area (Å²) < 4.78 is 0. The van der Waals surface area contributed by atoms with Crippen molar-refractivity contribution in [1.29, 1.82) is 0 Å². The van der Waals surface area contributed by atoms with E-state index in [1.165, 1.54) is 0 Å². The normalized spacial score (nSPS) is 13.6. The second-order valence-corrected chi connectivity index (χ2v) is 3.15. The van der Waals surface area contributed by atoms with Crippen molar-refractivity contribution in [3.05, 3.63) is 60.6 Å². The molecule has 0 saturated carbocycles. The number of nitrogens with one attached hydrogen (secondary N) is 2. The first-order valence-corrected chi connectivity index (χ1v) is 4.88. The van der Waals surface area contributed by atoms with Crippen molar-refractivity contribution < 1.29 is 4.79 Å². The standard InChI is InChI=1S/C12H11N3O/c16-12(10-4-2-1-3-5-10)15-11-6-7-13-8-9-14-11/h1-9,13H,(H,14,15,16). The van der Waals surface area contributed by atoms with E-state index in [0.29, 0.717) is 11.4 Å². The Morgan fingerprint density at radius 2 is 2.00 bits per heavy atom. The second kappa shape index (κ2) is 4.93. The summed E-state index contributed by atoms with van der Waals surface area (Å²) in [6, 6.07) is 9.02. The summed E-state index contributed by atoms with van der Waals surface area (Å²) in [4.78, 5) is 15.8. The van der Waals surface area contributed by atoms with Crippen molar-refractivity contribution >= 4 is 11.7 Å². The van der Waals surface area contributed by atoms with Gasteiger partial charge < -0.3 is 10.6 Å². The average Bonchev–Trinajstić information content (AvgIpc) is 2.59. The van der Waals surface area contributed by atoms with Gasteiger partial charge in [-0.1, -0.05) is 18.2 Å². The molecule has 0 saturated heterocycles. The maximum Gasteiger partial charge on any atom is 0.256 e. The first kappa shape index (κ1) is 10.2. The Kier molecular flexibility index (Phi) is 3.13. The van der Waals surface area contributed by atoms with E-state index in [0.717, 1.165) is 0 Å². The van der Waals surface area contributed by atoms with E-state index in [-0.39, 0.29) is 5.91 Å². The first-order chi connectivity index (χ1) is 7.86. The Labute approximate surface area is 93.4 Å². The minimum Gasteiger partial charge on any atom is -0.366 e. The summed E-state index contributed by atoms with van der Waals surface area (Å²) >= 11 is 0. The van der Waals surface area contributed by atoms with Crippen LogP contribution in [0.15, 0.2) is 60.0 Å². The Morgan fingerprint density at radius 3 is 2.81 bits per heavy atom. The number of hydrogen-bond donors (Lipinski definition) is 2. The summed E-state index contributed by atoms with van der Waals surface area (Å²) in [5, 5.41) is 5.57. The molecule has 0 fully saturated rings. The van der Waals surface area contributed by atoms with Crippen LogP contribution in [0.2, 0.25) is 0 Å². The molecule has 1 aliphatic heterocycles. The van der Waals surface area contributed by atoms with E-state index in [1.807, 2.05) is 18.2 Å². The Morgan fingerprint density at radius 1 is 1.19 bits per heavy atom. The monoisotopic (exact) mass is 213 g/mol. The number of carbonyl (C=O) groups excluding carboxylic acids is 1. The predicted molar refractivity (Wildman–Crippen MR) is 62.8 cm³/mol. The van der Waals surface area contributed by atoms with Gasteiger partial charge in [0.2, 0.25) is 0 Å². The lowest BCUT2D eigenvalue weighted by Crippen LogP contribution is -2.28. The zero-order valence-corrected chi connectivity index (χ0v) is 8.55. The molecule has 2 N–H and O–H groups in total. The highest BCUT2D eigenvalue weighted by Crippen LogP contribution is 1.98. The molecule has 0 radical (unpaired) electrons. The molecule has 2 rings (SSSR count). The molecule has 1 aromatic carbocycles. The lowest BCUT2D eigenvalue weighted by atomic mass is 10.2. The van der Waals surface area contributed by atoms with Gasteiger partial charge in [0.15, 0.2) is 0 Å². The van der Waals surface area contributed by atoms with Crippen LogP contribution in [0.25, 0.3) is 0 Å². The van der Waals surface area contributed by atoms with Crippen LogP contribution in [-0.4, -0.2) is 11.7 Å². The van der Waals surface area contributed by atoms with Crippen molar-refractivity contribution in [2.75, 3.05) is 0 Å². The van der Waals surface area contributed by atoms with E-state index in [4.69, 9.17) is 0 Å². The molecule has 1 aliphatic rings. The number of rotatable bonds is 1. The van der Waals surface area contributed by atoms with E-state index < -0.39 is 0 Å². The van der Waals surface area contributed by atoms with Crippen LogP contribution in [0, 0.1) is 0 Å². The van der Waals surface area contributed by atoms with Crippen LogP contribution in [0.3, 0.4) is 0 Å². The second-order valence-electron chi connectivity index (χ2n) is 3.15. The lowest BCUT2D eigenvalue weighted by Gasteiger charge is -2.03. The van der Waals surface area contributed by atoms with Gasteiger partial charge in [-0.2, -0.15) is 0 Å². The van der Waals surface area contributed by atoms with Gasteiger partial charge in [-0.05, 0) is 18.2 Å². The molecular weight excluding hydrogens is 202 g/mol. The molecule has 0 unspecified atom stereocenters. The molecule has 0 aromatic heterocycles. The van der Waals surface area contributed by atoms with Crippen LogP contribution in [0.5, 0.6) is 0 Å². The van der Waals surface area contributed by atoms with Crippen LogP contribution in [-0.2, 0) is 0 Å². The van der Waals surface area contributed by atoms with Crippen molar-refractivity contribution in [3.63, 3.8) is 0 Å². The smallest absolute Gasteiger partial charge is 0.256 e. The van der Waals surface area contributed by atoms with Crippen molar-refractivity contribution in [2.45, 2.75) is 0 Å². The number of aliphatic imine (C=N–C) groups is 1. The van der Waals surface area contributed by atoms with Gasteiger partial charge in [0, 0.05) is 24.2 Å². The van der Waals surface area contributed by atoms with Gasteiger partial charge in [0.05, 0.1) is 0 Å². The molecule has 4 nitrogen and oxygen atoms in total. The Bertz CT molecular complexity index is 460. The molecule has 0 spiro atoms. The maximum atomic E-state index is 11.8. The summed E-state index contributed by atoms with van der Waals surface area (Å²) in [5.41, 5.74) is 0.611. The number of nitrogens with zero attached hydrogens (tertiary/aromatic N) is 1. The highest BCUT2D eigenvalue weighted by Gasteiger charge is 2.05. The van der Waals surface area contributed by atoms with Gasteiger partial charge in [-0.15, -0.1) is 0 Å². The number of carbonyl (C=O) groups is 1. The average molecular weight is 213 g/mol. The molecule has 1 heterocycles. The summed E-state index contributed by atoms with van der Waals surface area (Å²) in [6.07, 6.45) is 6.66. The highest BCUT2D eigenvalue weighted by molar-refractivity contribution is 6.10. The summed E-state index contributed by atoms with van der Waals surface area (Å²) in [5.74, 6) is 0.342. The van der Waals surface area contributed by atoms with Gasteiger partial charge in [0.25, 0.3) is 5.91 Å². The lowest BCUT2D eigenvalue weighted by molar-refractivity contribution is 0.0977. The van der Waals surface area contributed by atoms with Crippen LogP contribution in [0.1, 0.15) is 10.4 Å². The van der Waals surface area contributed by atoms with E-state index in [2.05, 4.69) is 15.6 Å². The molecule has 1 amide bonds. The highest BCUT2D eigenvalue weighted by atomic mass is 16.1. The van der Waals surface area contributed by atoms with Gasteiger partial charge >= 0.3 is 0 Å². The van der Waals surface area contributed by atoms with Crippen LogP contribution in [0.4, 0.5) is 0 Å². The van der Waals surface area contributed by atoms with Crippen molar-refractivity contribution in [3.8, 4) is 0 Å². The molecule has 0 bridgehead atoms. The molecule has 1 aromatic rings. The fraction of sp³-hybridized carbons (Fsp3) is 0.